The molecule has 5 heteroatoms. The maximum atomic E-state index is 11.7. The van der Waals surface area contributed by atoms with E-state index < -0.39 is 5.41 Å². The van der Waals surface area contributed by atoms with Crippen LogP contribution in [0.2, 0.25) is 0 Å². The summed E-state index contributed by atoms with van der Waals surface area (Å²) in [7, 11) is 0. The summed E-state index contributed by atoms with van der Waals surface area (Å²) in [5.74, 6) is -0.343. The standard InChI is InChI=1S/C12H19N3O2/c1-3-12(2,8-13)11(17)14-7-6-10(16)15-9-4-5-9/h9H,3-7H2,1-2H3,(H,14,17)(H,15,16). The largest absolute Gasteiger partial charge is 0.354 e. The first-order valence-electron chi connectivity index (χ1n) is 6.00. The molecular weight excluding hydrogens is 218 g/mol. The van der Waals surface area contributed by atoms with Crippen LogP contribution in [0.4, 0.5) is 0 Å². The third-order valence-electron chi connectivity index (χ3n) is 3.04. The Kier molecular flexibility index (Phi) is 4.50. The predicted octanol–water partition coefficient (Wildman–Crippen LogP) is 0.711. The molecule has 0 bridgehead atoms. The van der Waals surface area contributed by atoms with Crippen LogP contribution in [0, 0.1) is 16.7 Å². The fraction of sp³-hybridized carbons (Fsp3) is 0.750. The van der Waals surface area contributed by atoms with Crippen LogP contribution < -0.4 is 10.6 Å². The van der Waals surface area contributed by atoms with E-state index in [1.54, 1.807) is 13.8 Å². The Bertz CT molecular complexity index is 344. The van der Waals surface area contributed by atoms with E-state index in [1.807, 2.05) is 6.07 Å². The fourth-order valence-corrected chi connectivity index (χ4v) is 1.30. The number of carbonyl (C=O) groups is 2. The highest BCUT2D eigenvalue weighted by Gasteiger charge is 2.31. The highest BCUT2D eigenvalue weighted by molar-refractivity contribution is 5.85. The number of nitrogens with zero attached hydrogens (tertiary/aromatic N) is 1. The fourth-order valence-electron chi connectivity index (χ4n) is 1.30. The maximum absolute atomic E-state index is 11.7. The number of carbonyl (C=O) groups excluding carboxylic acids is 2. The van der Waals surface area contributed by atoms with Crippen molar-refractivity contribution in [1.29, 1.82) is 5.26 Å². The van der Waals surface area contributed by atoms with Crippen molar-refractivity contribution >= 4 is 11.8 Å². The lowest BCUT2D eigenvalue weighted by Gasteiger charge is -2.18. The lowest BCUT2D eigenvalue weighted by molar-refractivity contribution is -0.127. The minimum atomic E-state index is -0.993. The Balaban J connectivity index is 2.23. The summed E-state index contributed by atoms with van der Waals surface area (Å²) in [5, 5.41) is 14.4. The van der Waals surface area contributed by atoms with E-state index in [2.05, 4.69) is 10.6 Å². The molecule has 0 aromatic carbocycles. The van der Waals surface area contributed by atoms with Crippen LogP contribution >= 0.6 is 0 Å². The van der Waals surface area contributed by atoms with Crippen LogP contribution in [-0.2, 0) is 9.59 Å². The van der Waals surface area contributed by atoms with Crippen LogP contribution in [0.15, 0.2) is 0 Å². The summed E-state index contributed by atoms with van der Waals surface area (Å²) in [6.45, 7) is 3.68. The summed E-state index contributed by atoms with van der Waals surface area (Å²) in [5.41, 5.74) is -0.993. The van der Waals surface area contributed by atoms with Gasteiger partial charge in [0.15, 0.2) is 0 Å². The third-order valence-corrected chi connectivity index (χ3v) is 3.04. The molecule has 0 aliphatic heterocycles. The van der Waals surface area contributed by atoms with Crippen LogP contribution in [0.25, 0.3) is 0 Å². The van der Waals surface area contributed by atoms with Gasteiger partial charge in [0.05, 0.1) is 6.07 Å². The molecule has 0 aromatic heterocycles. The Morgan fingerprint density at radius 3 is 2.59 bits per heavy atom. The number of rotatable bonds is 6. The first kappa shape index (κ1) is 13.5. The van der Waals surface area contributed by atoms with E-state index in [4.69, 9.17) is 5.26 Å². The SMILES string of the molecule is CCC(C)(C#N)C(=O)NCCC(=O)NC1CC1. The molecule has 0 spiro atoms. The van der Waals surface area contributed by atoms with Crippen molar-refractivity contribution < 1.29 is 9.59 Å². The van der Waals surface area contributed by atoms with Crippen LogP contribution in [0.1, 0.15) is 39.5 Å². The average molecular weight is 237 g/mol. The van der Waals surface area contributed by atoms with Gasteiger partial charge in [0.1, 0.15) is 5.41 Å². The molecule has 17 heavy (non-hydrogen) atoms. The Labute approximate surface area is 102 Å². The molecule has 1 unspecified atom stereocenters. The lowest BCUT2D eigenvalue weighted by atomic mass is 9.88. The molecule has 0 radical (unpaired) electrons. The molecular formula is C12H19N3O2. The summed E-state index contributed by atoms with van der Waals surface area (Å²) in [4.78, 5) is 23.0. The van der Waals surface area contributed by atoms with Gasteiger partial charge in [0.2, 0.25) is 11.8 Å². The van der Waals surface area contributed by atoms with Crippen molar-refractivity contribution in [2.75, 3.05) is 6.54 Å². The van der Waals surface area contributed by atoms with Gasteiger partial charge in [-0.25, -0.2) is 0 Å². The summed E-state index contributed by atoms with van der Waals surface area (Å²) >= 11 is 0. The van der Waals surface area contributed by atoms with Gasteiger partial charge >= 0.3 is 0 Å². The molecule has 1 rings (SSSR count). The smallest absolute Gasteiger partial charge is 0.240 e. The van der Waals surface area contributed by atoms with Gasteiger partial charge in [-0.1, -0.05) is 6.92 Å². The Morgan fingerprint density at radius 2 is 2.12 bits per heavy atom. The van der Waals surface area contributed by atoms with Gasteiger partial charge in [-0.2, -0.15) is 5.26 Å². The number of amides is 2. The van der Waals surface area contributed by atoms with Gasteiger partial charge in [0.25, 0.3) is 0 Å². The van der Waals surface area contributed by atoms with Crippen molar-refractivity contribution in [3.05, 3.63) is 0 Å². The molecule has 0 heterocycles. The van der Waals surface area contributed by atoms with Crippen molar-refractivity contribution in [2.24, 2.45) is 5.41 Å². The second kappa shape index (κ2) is 5.67. The Hall–Kier alpha value is -1.57. The minimum Gasteiger partial charge on any atom is -0.354 e. The third kappa shape index (κ3) is 4.06. The van der Waals surface area contributed by atoms with Crippen LogP contribution in [0.5, 0.6) is 0 Å². The molecule has 0 saturated heterocycles. The molecule has 5 nitrogen and oxygen atoms in total. The summed E-state index contributed by atoms with van der Waals surface area (Å²) in [6.07, 6.45) is 2.85. The second-order valence-electron chi connectivity index (χ2n) is 4.65. The van der Waals surface area contributed by atoms with Crippen LogP contribution in [-0.4, -0.2) is 24.4 Å². The average Bonchev–Trinajstić information content (AvgIpc) is 3.11. The van der Waals surface area contributed by atoms with Crippen molar-refractivity contribution in [1.82, 2.24) is 10.6 Å². The molecule has 1 aliphatic carbocycles. The van der Waals surface area contributed by atoms with E-state index in [0.29, 0.717) is 12.5 Å². The van der Waals surface area contributed by atoms with Crippen molar-refractivity contribution in [2.45, 2.75) is 45.6 Å². The molecule has 1 saturated carbocycles. The molecule has 1 fully saturated rings. The zero-order valence-corrected chi connectivity index (χ0v) is 10.4. The Morgan fingerprint density at radius 1 is 1.47 bits per heavy atom. The van der Waals surface area contributed by atoms with Gasteiger partial charge in [-0.15, -0.1) is 0 Å². The molecule has 1 atom stereocenters. The van der Waals surface area contributed by atoms with E-state index in [-0.39, 0.29) is 24.8 Å². The number of nitriles is 1. The van der Waals surface area contributed by atoms with Crippen molar-refractivity contribution in [3.8, 4) is 6.07 Å². The number of hydrogen-bond acceptors (Lipinski definition) is 3. The van der Waals surface area contributed by atoms with Gasteiger partial charge in [-0.3, -0.25) is 9.59 Å². The summed E-state index contributed by atoms with van der Waals surface area (Å²) < 4.78 is 0. The first-order chi connectivity index (χ1) is 8.01. The number of nitrogens with one attached hydrogen (secondary N) is 2. The van der Waals surface area contributed by atoms with Gasteiger partial charge in [0, 0.05) is 19.0 Å². The monoisotopic (exact) mass is 237 g/mol. The minimum absolute atomic E-state index is 0.0389. The lowest BCUT2D eigenvalue weighted by Crippen LogP contribution is -2.39. The quantitative estimate of drug-likeness (QED) is 0.713. The summed E-state index contributed by atoms with van der Waals surface area (Å²) in [6, 6.07) is 2.34. The predicted molar refractivity (Wildman–Crippen MR) is 62.8 cm³/mol. The second-order valence-corrected chi connectivity index (χ2v) is 4.65. The van der Waals surface area contributed by atoms with Crippen LogP contribution in [0.3, 0.4) is 0 Å². The normalized spacial score (nSPS) is 17.7. The maximum Gasteiger partial charge on any atom is 0.240 e. The van der Waals surface area contributed by atoms with E-state index >= 15 is 0 Å². The van der Waals surface area contributed by atoms with Gasteiger partial charge < -0.3 is 10.6 Å². The zero-order valence-electron chi connectivity index (χ0n) is 10.4. The molecule has 0 aromatic rings. The van der Waals surface area contributed by atoms with Crippen molar-refractivity contribution in [3.63, 3.8) is 0 Å². The van der Waals surface area contributed by atoms with E-state index in [1.165, 1.54) is 0 Å². The molecule has 94 valence electrons. The molecule has 2 amide bonds. The topological polar surface area (TPSA) is 82.0 Å². The van der Waals surface area contributed by atoms with Gasteiger partial charge in [-0.05, 0) is 26.2 Å². The highest BCUT2D eigenvalue weighted by atomic mass is 16.2. The highest BCUT2D eigenvalue weighted by Crippen LogP contribution is 2.19. The van der Waals surface area contributed by atoms with E-state index in [9.17, 15) is 9.59 Å². The molecule has 1 aliphatic rings. The van der Waals surface area contributed by atoms with E-state index in [0.717, 1.165) is 12.8 Å². The first-order valence-corrected chi connectivity index (χ1v) is 6.00. The zero-order chi connectivity index (χ0) is 12.9. The number of hydrogen-bond donors (Lipinski definition) is 2. The molecule has 2 N–H and O–H groups in total.